The number of ether oxygens (including phenoxy) is 4. The molecule has 3 aliphatic rings. The van der Waals surface area contributed by atoms with Gasteiger partial charge >= 0.3 is 16.5 Å². The maximum absolute atomic E-state index is 11.3. The molecule has 0 spiro atoms. The number of hydrogen-bond donors (Lipinski definition) is 8. The fraction of sp³-hybridized carbons (Fsp3) is 0.905. The van der Waals surface area contributed by atoms with Crippen LogP contribution in [0.2, 0.25) is 0 Å². The van der Waals surface area contributed by atoms with Crippen LogP contribution >= 0.6 is 0 Å². The van der Waals surface area contributed by atoms with Crippen LogP contribution in [0.4, 0.5) is 0 Å². The van der Waals surface area contributed by atoms with Gasteiger partial charge in [0.2, 0.25) is 6.29 Å². The van der Waals surface area contributed by atoms with Crippen LogP contribution < -0.4 is 27.8 Å². The maximum Gasteiger partial charge on any atom is 2.00 e. The predicted octanol–water partition coefficient (Wildman–Crippen LogP) is -4.54. The van der Waals surface area contributed by atoms with Crippen LogP contribution in [-0.2, 0) is 45.8 Å². The van der Waals surface area contributed by atoms with Gasteiger partial charge in [-0.25, -0.2) is 0 Å². The fourth-order valence-corrected chi connectivity index (χ4v) is 4.86. The number of likely N-dealkylation sites (N-methyl/N-ethyl adjacent to an activating group) is 2. The van der Waals surface area contributed by atoms with Gasteiger partial charge in [-0.15, -0.1) is 0 Å². The van der Waals surface area contributed by atoms with Crippen molar-refractivity contribution in [1.82, 2.24) is 10.6 Å². The van der Waals surface area contributed by atoms with Gasteiger partial charge in [0, 0.05) is 22.5 Å². The third-order valence-corrected chi connectivity index (χ3v) is 6.64. The van der Waals surface area contributed by atoms with Crippen molar-refractivity contribution in [3.8, 4) is 0 Å². The summed E-state index contributed by atoms with van der Waals surface area (Å²) in [4.78, 5) is 0. The molecule has 11 atom stereocenters. The Hall–Kier alpha value is -0.536. The van der Waals surface area contributed by atoms with Gasteiger partial charge in [0.15, 0.2) is 6.29 Å². The topological polar surface area (TPSA) is 280 Å². The first-order chi connectivity index (χ1) is 17.6. The molecule has 16 nitrogen and oxygen atoms in total. The second-order valence-corrected chi connectivity index (χ2v) is 10.5. The molecule has 0 radical (unpaired) electrons. The van der Waals surface area contributed by atoms with E-state index in [9.17, 15) is 15.3 Å². The van der Waals surface area contributed by atoms with E-state index in [1.165, 1.54) is 0 Å². The molecule has 0 amide bonds. The molecule has 0 aromatic rings. The summed E-state index contributed by atoms with van der Waals surface area (Å²) in [7, 11) is -3.53. The molecule has 18 heteroatoms. The Morgan fingerprint density at radius 3 is 2.28 bits per heavy atom. The van der Waals surface area contributed by atoms with Crippen LogP contribution in [0.5, 0.6) is 0 Å². The van der Waals surface area contributed by atoms with Gasteiger partial charge in [0.05, 0.1) is 25.2 Å². The molecule has 1 saturated carbocycles. The van der Waals surface area contributed by atoms with Crippen molar-refractivity contribution in [2.45, 2.75) is 93.5 Å². The average molecular weight is 630 g/mol. The van der Waals surface area contributed by atoms with E-state index in [0.717, 1.165) is 0 Å². The molecule has 232 valence electrons. The first-order valence-corrected chi connectivity index (χ1v) is 13.6. The zero-order chi connectivity index (χ0) is 28.8. The summed E-state index contributed by atoms with van der Waals surface area (Å²) in [5, 5.41) is 38.8. The van der Waals surface area contributed by atoms with Crippen molar-refractivity contribution in [2.75, 3.05) is 26.7 Å². The average Bonchev–Trinajstić information content (AvgIpc) is 2.80. The number of aliphatic hydroxyl groups excluding tert-OH is 2. The molecule has 1 aliphatic carbocycles. The molecule has 3 rings (SSSR count). The van der Waals surface area contributed by atoms with E-state index in [2.05, 4.69) is 10.6 Å². The van der Waals surface area contributed by atoms with E-state index in [1.54, 1.807) is 14.0 Å². The number of rotatable bonds is 8. The molecular formula is C21H41N5NiO11S. The van der Waals surface area contributed by atoms with E-state index < -0.39 is 71.1 Å². The summed E-state index contributed by atoms with van der Waals surface area (Å²) in [6.07, 6.45) is -3.05. The maximum atomic E-state index is 11.3. The Bertz CT molecular complexity index is 878. The third-order valence-electron chi connectivity index (χ3n) is 6.64. The van der Waals surface area contributed by atoms with Crippen LogP contribution in [-0.4, -0.2) is 126 Å². The van der Waals surface area contributed by atoms with Crippen molar-refractivity contribution < 1.29 is 68.3 Å². The largest absolute Gasteiger partial charge is 2.00 e. The van der Waals surface area contributed by atoms with E-state index in [0.29, 0.717) is 25.1 Å². The second-order valence-electron chi connectivity index (χ2n) is 9.72. The van der Waals surface area contributed by atoms with Gasteiger partial charge in [0.25, 0.3) is 0 Å². The number of nitrogens with one attached hydrogen (secondary N) is 2. The fourth-order valence-electron chi connectivity index (χ4n) is 4.86. The van der Waals surface area contributed by atoms with E-state index >= 15 is 0 Å². The van der Waals surface area contributed by atoms with E-state index in [1.807, 2.05) is 13.0 Å². The van der Waals surface area contributed by atoms with Crippen LogP contribution in [0.3, 0.4) is 0 Å². The molecule has 0 bridgehead atoms. The van der Waals surface area contributed by atoms with Crippen LogP contribution in [0.15, 0.2) is 11.8 Å². The molecule has 0 aromatic carbocycles. The van der Waals surface area contributed by atoms with Crippen molar-refractivity contribution in [3.63, 3.8) is 0 Å². The van der Waals surface area contributed by atoms with E-state index in [4.69, 9.17) is 53.7 Å². The Morgan fingerprint density at radius 1 is 1.15 bits per heavy atom. The van der Waals surface area contributed by atoms with Crippen LogP contribution in [0.25, 0.3) is 0 Å². The summed E-state index contributed by atoms with van der Waals surface area (Å²) in [6, 6.07) is -1.95. The summed E-state index contributed by atoms with van der Waals surface area (Å²) >= 11 is 0. The molecule has 2 fully saturated rings. The van der Waals surface area contributed by atoms with Crippen molar-refractivity contribution >= 4 is 10.4 Å². The summed E-state index contributed by atoms with van der Waals surface area (Å²) in [5.41, 5.74) is 16.9. The Kier molecular flexibility index (Phi) is 14.6. The molecule has 1 saturated heterocycles. The summed E-state index contributed by atoms with van der Waals surface area (Å²) in [5.74, 6) is 0.572. The first kappa shape index (κ1) is 36.5. The minimum Gasteiger partial charge on any atom is -0.759 e. The SMILES string of the molecule is CCN[C@@H]1C[C@H](N)[C@@H](OC2OC(CN)=CCC2N)[C@H](O)[C@H]1O[C@H]1OC[C@](C)(O)[C@H](NC)[C@H]1O.O=S(=O)([O-])[O-].[Ni+2]. The van der Waals surface area contributed by atoms with Gasteiger partial charge in [-0.2, -0.15) is 0 Å². The Morgan fingerprint density at radius 2 is 1.74 bits per heavy atom. The Balaban J connectivity index is 0.00000116. The first-order valence-electron chi connectivity index (χ1n) is 12.3. The number of hydrogen-bond acceptors (Lipinski definition) is 16. The molecule has 39 heavy (non-hydrogen) atoms. The second kappa shape index (κ2) is 15.6. The van der Waals surface area contributed by atoms with Crippen LogP contribution in [0, 0.1) is 0 Å². The predicted molar refractivity (Wildman–Crippen MR) is 130 cm³/mol. The van der Waals surface area contributed by atoms with Gasteiger partial charge in [-0.1, -0.05) is 6.92 Å². The molecule has 2 heterocycles. The Labute approximate surface area is 238 Å². The zero-order valence-electron chi connectivity index (χ0n) is 22.0. The van der Waals surface area contributed by atoms with Gasteiger partial charge in [0.1, 0.15) is 35.8 Å². The molecule has 11 N–H and O–H groups in total. The summed E-state index contributed by atoms with van der Waals surface area (Å²) in [6.45, 7) is 4.30. The quantitative estimate of drug-likeness (QED) is 0.0712. The van der Waals surface area contributed by atoms with Gasteiger partial charge in [-0.05, 0) is 39.4 Å². The van der Waals surface area contributed by atoms with Crippen LogP contribution in [0.1, 0.15) is 26.7 Å². The zero-order valence-corrected chi connectivity index (χ0v) is 23.8. The third kappa shape index (κ3) is 10.4. The standard InChI is InChI=1S/C21H41N5O7.Ni.H2O4S/c1-4-26-13-7-12(24)16(32-19-11(23)6-5-10(8-22)31-19)14(27)17(13)33-20-15(28)18(25-3)21(2,29)9-30-20;;1-5(2,3)4/h5,11-20,25-29H,4,6-9,22-24H2,1-3H3;;(H2,1,2,3,4)/q;+2;/p-2/t11?,12-,13+,14-,15+,16+,17-,18+,19?,20+,21-;;/m0../s1. The van der Waals surface area contributed by atoms with Crippen molar-refractivity contribution in [2.24, 2.45) is 17.2 Å². The smallest absolute Gasteiger partial charge is 0.759 e. The minimum absolute atomic E-state index is 0. The van der Waals surface area contributed by atoms with Crippen molar-refractivity contribution in [3.05, 3.63) is 11.8 Å². The van der Waals surface area contributed by atoms with Crippen molar-refractivity contribution in [1.29, 1.82) is 0 Å². The molecule has 0 aromatic heterocycles. The molecule has 2 aliphatic heterocycles. The van der Waals surface area contributed by atoms with Gasteiger partial charge < -0.3 is 71.2 Å². The number of nitrogens with two attached hydrogens (primary N) is 3. The minimum atomic E-state index is -5.17. The summed E-state index contributed by atoms with van der Waals surface area (Å²) < 4.78 is 57.6. The molecular weight excluding hydrogens is 589 g/mol. The molecule has 2 unspecified atom stereocenters. The van der Waals surface area contributed by atoms with E-state index in [-0.39, 0.29) is 35.7 Å². The van der Waals surface area contributed by atoms with Gasteiger partial charge in [-0.3, -0.25) is 8.42 Å². The monoisotopic (exact) mass is 629 g/mol. The normalized spacial score (nSPS) is 40.8. The number of aliphatic hydroxyl groups is 3.